The number of aromatic nitrogens is 1. The lowest BCUT2D eigenvalue weighted by molar-refractivity contribution is -0.120. The molecule has 1 heterocycles. The molecule has 5 N–H and O–H groups in total. The Morgan fingerprint density at radius 2 is 2.17 bits per heavy atom. The van der Waals surface area contributed by atoms with Gasteiger partial charge in [-0.25, -0.2) is 15.2 Å². The number of anilines is 1. The molecule has 0 aliphatic heterocycles. The molecule has 1 aromatic heterocycles. The van der Waals surface area contributed by atoms with Gasteiger partial charge in [0.2, 0.25) is 5.91 Å². The Hall–Kier alpha value is -2.22. The van der Waals surface area contributed by atoms with Gasteiger partial charge in [-0.15, -0.1) is 0 Å². The van der Waals surface area contributed by atoms with Crippen LogP contribution >= 0.6 is 0 Å². The molecule has 0 unspecified atom stereocenters. The minimum absolute atomic E-state index is 0.222. The minimum atomic E-state index is -0.867. The molecule has 0 aliphatic rings. The molecular weight excluding hydrogens is 241 g/mol. The minimum Gasteiger partial charge on any atom is -0.355 e. The lowest BCUT2D eigenvalue weighted by atomic mass is 10.2. The van der Waals surface area contributed by atoms with Crippen LogP contribution in [-0.4, -0.2) is 29.9 Å². The van der Waals surface area contributed by atoms with Gasteiger partial charge in [-0.2, -0.15) is 0 Å². The first kappa shape index (κ1) is 13.8. The second-order valence-electron chi connectivity index (χ2n) is 3.30. The van der Waals surface area contributed by atoms with E-state index in [0.29, 0.717) is 6.54 Å². The Morgan fingerprint density at radius 1 is 1.44 bits per heavy atom. The van der Waals surface area contributed by atoms with Crippen LogP contribution in [0.3, 0.4) is 0 Å². The summed E-state index contributed by atoms with van der Waals surface area (Å²) in [4.78, 5) is 26.3. The first-order valence-electron chi connectivity index (χ1n) is 5.26. The summed E-state index contributed by atoms with van der Waals surface area (Å²) >= 11 is 0. The van der Waals surface area contributed by atoms with Crippen LogP contribution in [0.2, 0.25) is 0 Å². The lowest BCUT2D eigenvalue weighted by Gasteiger charge is -2.07. The fourth-order valence-electron chi connectivity index (χ4n) is 1.24. The van der Waals surface area contributed by atoms with E-state index in [0.717, 1.165) is 0 Å². The maximum Gasteiger partial charge on any atom is 0.254 e. The number of nitrogens with zero attached hydrogens (tertiary/aromatic N) is 1. The highest BCUT2D eigenvalue weighted by Crippen LogP contribution is 2.13. The number of amides is 2. The third-order valence-electron chi connectivity index (χ3n) is 2.05. The lowest BCUT2D eigenvalue weighted by Crippen LogP contribution is -2.37. The molecule has 0 aromatic carbocycles. The maximum atomic E-state index is 13.6. The highest BCUT2D eigenvalue weighted by atomic mass is 19.1. The number of nitrogens with two attached hydrogens (primary N) is 1. The average Bonchev–Trinajstić information content (AvgIpc) is 2.36. The van der Waals surface area contributed by atoms with Crippen LogP contribution in [0.4, 0.5) is 10.2 Å². The average molecular weight is 255 g/mol. The standard InChI is InChI=1S/C10H14FN5O2/c1-2-13-7(17)5-15-10(18)6-3-4-14-9(16-12)8(6)11/h3-4H,2,5,12H2,1H3,(H,13,17)(H,14,16)(H,15,18). The Kier molecular flexibility index (Phi) is 5.00. The second kappa shape index (κ2) is 6.50. The van der Waals surface area contributed by atoms with E-state index in [9.17, 15) is 14.0 Å². The van der Waals surface area contributed by atoms with Crippen LogP contribution in [0.25, 0.3) is 0 Å². The summed E-state index contributed by atoms with van der Waals surface area (Å²) in [6.07, 6.45) is 1.24. The zero-order valence-corrected chi connectivity index (χ0v) is 9.79. The molecule has 0 bridgehead atoms. The first-order valence-corrected chi connectivity index (χ1v) is 5.26. The van der Waals surface area contributed by atoms with Crippen molar-refractivity contribution >= 4 is 17.6 Å². The summed E-state index contributed by atoms with van der Waals surface area (Å²) < 4.78 is 13.6. The second-order valence-corrected chi connectivity index (χ2v) is 3.30. The van der Waals surface area contributed by atoms with Gasteiger partial charge in [-0.1, -0.05) is 0 Å². The fourth-order valence-corrected chi connectivity index (χ4v) is 1.24. The van der Waals surface area contributed by atoms with Gasteiger partial charge in [0, 0.05) is 12.7 Å². The quantitative estimate of drug-likeness (QED) is 0.414. The van der Waals surface area contributed by atoms with Crippen molar-refractivity contribution in [3.63, 3.8) is 0 Å². The van der Waals surface area contributed by atoms with Gasteiger partial charge >= 0.3 is 0 Å². The Labute approximate surface area is 103 Å². The number of nitrogens with one attached hydrogen (secondary N) is 3. The van der Waals surface area contributed by atoms with E-state index in [2.05, 4.69) is 15.6 Å². The SMILES string of the molecule is CCNC(=O)CNC(=O)c1ccnc(NN)c1F. The van der Waals surface area contributed by atoms with Crippen molar-refractivity contribution in [3.8, 4) is 0 Å². The smallest absolute Gasteiger partial charge is 0.254 e. The molecule has 0 saturated carbocycles. The van der Waals surface area contributed by atoms with Crippen molar-refractivity contribution in [1.82, 2.24) is 15.6 Å². The van der Waals surface area contributed by atoms with E-state index in [1.165, 1.54) is 12.3 Å². The fraction of sp³-hybridized carbons (Fsp3) is 0.300. The molecule has 8 heteroatoms. The van der Waals surface area contributed by atoms with E-state index >= 15 is 0 Å². The molecule has 0 aliphatic carbocycles. The number of carbonyl (C=O) groups excluding carboxylic acids is 2. The molecule has 2 amide bonds. The maximum absolute atomic E-state index is 13.6. The van der Waals surface area contributed by atoms with E-state index in [-0.39, 0.29) is 23.8 Å². The third kappa shape index (κ3) is 3.39. The number of hydrogen-bond donors (Lipinski definition) is 4. The number of nitrogen functional groups attached to an aromatic ring is 1. The van der Waals surface area contributed by atoms with E-state index in [1.54, 1.807) is 6.92 Å². The van der Waals surface area contributed by atoms with Gasteiger partial charge < -0.3 is 16.1 Å². The molecule has 0 saturated heterocycles. The van der Waals surface area contributed by atoms with Gasteiger partial charge in [-0.05, 0) is 13.0 Å². The predicted octanol–water partition coefficient (Wildman–Crippen LogP) is -0.628. The normalized spacial score (nSPS) is 9.72. The molecule has 0 atom stereocenters. The van der Waals surface area contributed by atoms with Crippen molar-refractivity contribution < 1.29 is 14.0 Å². The van der Waals surface area contributed by atoms with Crippen molar-refractivity contribution in [2.45, 2.75) is 6.92 Å². The largest absolute Gasteiger partial charge is 0.355 e. The topological polar surface area (TPSA) is 109 Å². The molecule has 1 aromatic rings. The number of likely N-dealkylation sites (N-methyl/N-ethyl adjacent to an activating group) is 1. The van der Waals surface area contributed by atoms with Crippen LogP contribution in [0.5, 0.6) is 0 Å². The monoisotopic (exact) mass is 255 g/mol. The van der Waals surface area contributed by atoms with Gasteiger partial charge in [0.25, 0.3) is 5.91 Å². The van der Waals surface area contributed by atoms with Gasteiger partial charge in [0.1, 0.15) is 0 Å². The van der Waals surface area contributed by atoms with Crippen LogP contribution in [-0.2, 0) is 4.79 Å². The highest BCUT2D eigenvalue weighted by molar-refractivity contribution is 5.97. The molecule has 1 rings (SSSR count). The summed E-state index contributed by atoms with van der Waals surface area (Å²) in [7, 11) is 0. The summed E-state index contributed by atoms with van der Waals surface area (Å²) in [5.41, 5.74) is 1.80. The number of hydrazine groups is 1. The molecular formula is C10H14FN5O2. The summed E-state index contributed by atoms with van der Waals surface area (Å²) in [6, 6.07) is 1.20. The Bertz CT molecular complexity index is 452. The number of carbonyl (C=O) groups is 2. The van der Waals surface area contributed by atoms with Crippen molar-refractivity contribution in [2.75, 3.05) is 18.5 Å². The molecule has 0 fully saturated rings. The van der Waals surface area contributed by atoms with Crippen molar-refractivity contribution in [3.05, 3.63) is 23.6 Å². The van der Waals surface area contributed by atoms with Gasteiger partial charge in [-0.3, -0.25) is 9.59 Å². The van der Waals surface area contributed by atoms with E-state index < -0.39 is 11.7 Å². The molecule has 18 heavy (non-hydrogen) atoms. The predicted molar refractivity (Wildman–Crippen MR) is 63.0 cm³/mol. The summed E-state index contributed by atoms with van der Waals surface area (Å²) in [6.45, 7) is 1.99. The number of rotatable bonds is 5. The zero-order valence-electron chi connectivity index (χ0n) is 9.79. The molecule has 98 valence electrons. The van der Waals surface area contributed by atoms with Crippen LogP contribution < -0.4 is 21.9 Å². The van der Waals surface area contributed by atoms with Crippen LogP contribution in [0.1, 0.15) is 17.3 Å². The molecule has 0 radical (unpaired) electrons. The molecule has 7 nitrogen and oxygen atoms in total. The number of halogens is 1. The van der Waals surface area contributed by atoms with E-state index in [1.807, 2.05) is 5.43 Å². The molecule has 0 spiro atoms. The highest BCUT2D eigenvalue weighted by Gasteiger charge is 2.15. The Balaban J connectivity index is 2.70. The zero-order chi connectivity index (χ0) is 13.5. The Morgan fingerprint density at radius 3 is 2.78 bits per heavy atom. The van der Waals surface area contributed by atoms with Crippen molar-refractivity contribution in [1.29, 1.82) is 0 Å². The number of hydrogen-bond acceptors (Lipinski definition) is 5. The number of pyridine rings is 1. The van der Waals surface area contributed by atoms with Gasteiger partial charge in [0.05, 0.1) is 12.1 Å². The van der Waals surface area contributed by atoms with Crippen molar-refractivity contribution in [2.24, 2.45) is 5.84 Å². The van der Waals surface area contributed by atoms with Crippen LogP contribution in [0.15, 0.2) is 12.3 Å². The van der Waals surface area contributed by atoms with E-state index in [4.69, 9.17) is 5.84 Å². The van der Waals surface area contributed by atoms with Gasteiger partial charge in [0.15, 0.2) is 11.6 Å². The summed E-state index contributed by atoms with van der Waals surface area (Å²) in [5.74, 6) is 2.87. The summed E-state index contributed by atoms with van der Waals surface area (Å²) in [5, 5.41) is 4.79. The first-order chi connectivity index (χ1) is 8.60. The van der Waals surface area contributed by atoms with Crippen LogP contribution in [0, 0.1) is 5.82 Å². The third-order valence-corrected chi connectivity index (χ3v) is 2.05.